The van der Waals surface area contributed by atoms with E-state index in [1.807, 2.05) is 0 Å². The van der Waals surface area contributed by atoms with Gasteiger partial charge in [0, 0.05) is 24.7 Å². The molecule has 3 nitrogen and oxygen atoms in total. The Balaban J connectivity index is 2.04. The molecule has 2 rings (SSSR count). The van der Waals surface area contributed by atoms with E-state index in [0.717, 1.165) is 19.4 Å². The number of hydrogen-bond acceptors (Lipinski definition) is 3. The molecule has 2 unspecified atom stereocenters. The van der Waals surface area contributed by atoms with Gasteiger partial charge >= 0.3 is 0 Å². The van der Waals surface area contributed by atoms with Gasteiger partial charge in [0.25, 0.3) is 0 Å². The lowest BCUT2D eigenvalue weighted by atomic mass is 9.78. The van der Waals surface area contributed by atoms with Crippen LogP contribution in [0.25, 0.3) is 0 Å². The molecule has 0 spiro atoms. The summed E-state index contributed by atoms with van der Waals surface area (Å²) in [5, 5.41) is 13.4. The highest BCUT2D eigenvalue weighted by atomic mass is 15.2. The van der Waals surface area contributed by atoms with Crippen molar-refractivity contribution in [2.75, 3.05) is 6.54 Å². The fraction of sp³-hybridized carbons (Fsp3) is 0.941. The van der Waals surface area contributed by atoms with Crippen LogP contribution in [-0.2, 0) is 0 Å². The van der Waals surface area contributed by atoms with E-state index in [1.54, 1.807) is 0 Å². The molecule has 3 heteroatoms. The zero-order valence-electron chi connectivity index (χ0n) is 13.7. The lowest BCUT2D eigenvalue weighted by Gasteiger charge is -2.44. The lowest BCUT2D eigenvalue weighted by Crippen LogP contribution is -2.55. The molecular formula is C17H31N3. The molecule has 0 aromatic rings. The Labute approximate surface area is 124 Å². The molecule has 0 radical (unpaired) electrons. The highest BCUT2D eigenvalue weighted by Gasteiger charge is 2.42. The molecule has 0 amide bonds. The third-order valence-corrected chi connectivity index (χ3v) is 4.71. The Morgan fingerprint density at radius 1 is 1.25 bits per heavy atom. The monoisotopic (exact) mass is 277 g/mol. The topological polar surface area (TPSA) is 39.1 Å². The molecule has 0 aromatic carbocycles. The van der Waals surface area contributed by atoms with E-state index in [-0.39, 0.29) is 5.54 Å². The van der Waals surface area contributed by atoms with Crippen LogP contribution < -0.4 is 5.32 Å². The van der Waals surface area contributed by atoms with Gasteiger partial charge in [-0.2, -0.15) is 5.26 Å². The molecule has 2 atom stereocenters. The molecule has 0 heterocycles. The predicted molar refractivity (Wildman–Crippen MR) is 83.4 cm³/mol. The van der Waals surface area contributed by atoms with Crippen molar-refractivity contribution in [3.63, 3.8) is 0 Å². The Hall–Kier alpha value is -0.590. The summed E-state index contributed by atoms with van der Waals surface area (Å²) in [5.41, 5.74) is -0.256. The van der Waals surface area contributed by atoms with E-state index in [1.165, 1.54) is 25.7 Å². The summed E-state index contributed by atoms with van der Waals surface area (Å²) in [5.74, 6) is 0.687. The van der Waals surface area contributed by atoms with Crippen molar-refractivity contribution in [1.29, 1.82) is 5.26 Å². The first kappa shape index (κ1) is 15.8. The first-order valence-electron chi connectivity index (χ1n) is 8.40. The summed E-state index contributed by atoms with van der Waals surface area (Å²) in [6.45, 7) is 10.3. The van der Waals surface area contributed by atoms with Crippen LogP contribution in [0.15, 0.2) is 0 Å². The third-order valence-electron chi connectivity index (χ3n) is 4.71. The lowest BCUT2D eigenvalue weighted by molar-refractivity contribution is 0.0803. The standard InChI is InChI=1S/C17H31N3/c1-13(2)11-20(14(3)4)16-6-5-9-17(10-16,12-18)19-15-7-8-15/h13-16,19H,5-11H2,1-4H3. The van der Waals surface area contributed by atoms with Crippen LogP contribution in [0.4, 0.5) is 0 Å². The first-order valence-corrected chi connectivity index (χ1v) is 8.40. The molecule has 114 valence electrons. The van der Waals surface area contributed by atoms with Crippen molar-refractivity contribution < 1.29 is 0 Å². The number of rotatable bonds is 6. The maximum atomic E-state index is 9.71. The van der Waals surface area contributed by atoms with Crippen molar-refractivity contribution in [2.24, 2.45) is 5.92 Å². The molecule has 0 saturated heterocycles. The van der Waals surface area contributed by atoms with Gasteiger partial charge in [0.1, 0.15) is 5.54 Å². The minimum Gasteiger partial charge on any atom is -0.298 e. The summed E-state index contributed by atoms with van der Waals surface area (Å²) in [6, 6.07) is 4.38. The van der Waals surface area contributed by atoms with Crippen LogP contribution in [0.5, 0.6) is 0 Å². The van der Waals surface area contributed by atoms with Crippen molar-refractivity contribution in [3.05, 3.63) is 0 Å². The van der Waals surface area contributed by atoms with Crippen LogP contribution in [0, 0.1) is 17.2 Å². The largest absolute Gasteiger partial charge is 0.298 e. The second-order valence-electron chi connectivity index (χ2n) is 7.55. The van der Waals surface area contributed by atoms with Gasteiger partial charge in [-0.05, 0) is 58.3 Å². The van der Waals surface area contributed by atoms with Gasteiger partial charge in [-0.15, -0.1) is 0 Å². The Morgan fingerprint density at radius 3 is 2.45 bits per heavy atom. The summed E-state index contributed by atoms with van der Waals surface area (Å²) in [7, 11) is 0. The van der Waals surface area contributed by atoms with E-state index in [9.17, 15) is 5.26 Å². The molecule has 2 aliphatic carbocycles. The van der Waals surface area contributed by atoms with Gasteiger partial charge < -0.3 is 0 Å². The molecule has 1 N–H and O–H groups in total. The molecule has 20 heavy (non-hydrogen) atoms. The second kappa shape index (κ2) is 6.45. The van der Waals surface area contributed by atoms with Gasteiger partial charge in [0.2, 0.25) is 0 Å². The normalized spacial score (nSPS) is 31.0. The highest BCUT2D eigenvalue weighted by Crippen LogP contribution is 2.35. The van der Waals surface area contributed by atoms with Crippen molar-refractivity contribution >= 4 is 0 Å². The predicted octanol–water partition coefficient (Wildman–Crippen LogP) is 3.31. The Kier molecular flexibility index (Phi) is 5.09. The van der Waals surface area contributed by atoms with Crippen LogP contribution in [0.3, 0.4) is 0 Å². The molecule has 0 aromatic heterocycles. The number of nitrogens with one attached hydrogen (secondary N) is 1. The molecule has 2 saturated carbocycles. The maximum Gasteiger partial charge on any atom is 0.108 e. The first-order chi connectivity index (χ1) is 9.46. The zero-order valence-corrected chi connectivity index (χ0v) is 13.7. The Bertz CT molecular complexity index is 354. The van der Waals surface area contributed by atoms with E-state index in [2.05, 4.69) is 44.0 Å². The zero-order chi connectivity index (χ0) is 14.8. The minimum atomic E-state index is -0.256. The average Bonchev–Trinajstić information content (AvgIpc) is 3.19. The fourth-order valence-electron chi connectivity index (χ4n) is 3.62. The smallest absolute Gasteiger partial charge is 0.108 e. The Morgan fingerprint density at radius 2 is 1.95 bits per heavy atom. The maximum absolute atomic E-state index is 9.71. The summed E-state index contributed by atoms with van der Waals surface area (Å²) in [6.07, 6.45) is 6.98. The summed E-state index contributed by atoms with van der Waals surface area (Å²) < 4.78 is 0. The number of nitriles is 1. The van der Waals surface area contributed by atoms with Crippen molar-refractivity contribution in [1.82, 2.24) is 10.2 Å². The van der Waals surface area contributed by atoms with Crippen molar-refractivity contribution in [3.8, 4) is 6.07 Å². The minimum absolute atomic E-state index is 0.256. The number of hydrogen-bond donors (Lipinski definition) is 1. The molecule has 0 bridgehead atoms. The third kappa shape index (κ3) is 3.96. The van der Waals surface area contributed by atoms with E-state index < -0.39 is 0 Å². The quantitative estimate of drug-likeness (QED) is 0.809. The van der Waals surface area contributed by atoms with E-state index in [4.69, 9.17) is 0 Å². The van der Waals surface area contributed by atoms with Gasteiger partial charge in [-0.1, -0.05) is 13.8 Å². The summed E-state index contributed by atoms with van der Waals surface area (Å²) in [4.78, 5) is 2.63. The van der Waals surface area contributed by atoms with Gasteiger partial charge in [-0.25, -0.2) is 0 Å². The van der Waals surface area contributed by atoms with Crippen LogP contribution in [0.2, 0.25) is 0 Å². The molecule has 2 aliphatic rings. The van der Waals surface area contributed by atoms with Crippen LogP contribution in [0.1, 0.15) is 66.2 Å². The molecule has 2 fully saturated rings. The number of nitrogens with zero attached hydrogens (tertiary/aromatic N) is 2. The van der Waals surface area contributed by atoms with Gasteiger partial charge in [0.15, 0.2) is 0 Å². The van der Waals surface area contributed by atoms with Gasteiger partial charge in [-0.3, -0.25) is 10.2 Å². The summed E-state index contributed by atoms with van der Waals surface area (Å²) >= 11 is 0. The van der Waals surface area contributed by atoms with E-state index >= 15 is 0 Å². The van der Waals surface area contributed by atoms with Crippen LogP contribution >= 0.6 is 0 Å². The molecule has 0 aliphatic heterocycles. The SMILES string of the molecule is CC(C)CN(C(C)C)C1CCCC(C#N)(NC2CC2)C1. The van der Waals surface area contributed by atoms with Crippen molar-refractivity contribution in [2.45, 2.75) is 89.9 Å². The molecular weight excluding hydrogens is 246 g/mol. The fourth-order valence-corrected chi connectivity index (χ4v) is 3.62. The highest BCUT2D eigenvalue weighted by molar-refractivity contribution is 5.13. The van der Waals surface area contributed by atoms with Gasteiger partial charge in [0.05, 0.1) is 6.07 Å². The second-order valence-corrected chi connectivity index (χ2v) is 7.55. The van der Waals surface area contributed by atoms with E-state index in [0.29, 0.717) is 24.0 Å². The van der Waals surface area contributed by atoms with Crippen LogP contribution in [-0.4, -0.2) is 35.1 Å². The average molecular weight is 277 g/mol.